The molecule has 1 saturated heterocycles. The highest BCUT2D eigenvalue weighted by atomic mass is 19.1. The van der Waals surface area contributed by atoms with Crippen molar-refractivity contribution in [1.82, 2.24) is 4.90 Å². The molecule has 1 atom stereocenters. The Balaban J connectivity index is 2.00. The van der Waals surface area contributed by atoms with Crippen molar-refractivity contribution in [2.45, 2.75) is 12.5 Å². The lowest BCUT2D eigenvalue weighted by Gasteiger charge is -2.15. The number of hydrogen-bond donors (Lipinski definition) is 1. The maximum absolute atomic E-state index is 12.2. The Hall–Kier alpha value is -1.69. The first kappa shape index (κ1) is 12.8. The molecule has 1 aromatic rings. The van der Waals surface area contributed by atoms with Gasteiger partial charge in [0.25, 0.3) is 5.69 Å². The summed E-state index contributed by atoms with van der Waals surface area (Å²) in [4.78, 5) is 12.5. The van der Waals surface area contributed by atoms with Crippen LogP contribution in [-0.4, -0.2) is 42.2 Å². The van der Waals surface area contributed by atoms with Crippen LogP contribution >= 0.6 is 0 Å². The van der Waals surface area contributed by atoms with Crippen LogP contribution in [0.1, 0.15) is 6.42 Å². The zero-order chi connectivity index (χ0) is 13.0. The predicted molar refractivity (Wildman–Crippen MR) is 67.5 cm³/mol. The van der Waals surface area contributed by atoms with E-state index >= 15 is 0 Å². The van der Waals surface area contributed by atoms with Crippen LogP contribution in [0, 0.1) is 10.1 Å². The topological polar surface area (TPSA) is 58.4 Å². The number of alkyl halides is 1. The van der Waals surface area contributed by atoms with E-state index in [9.17, 15) is 14.5 Å². The van der Waals surface area contributed by atoms with Crippen molar-refractivity contribution in [2.24, 2.45) is 0 Å². The molecular weight excluding hydrogens is 237 g/mol. The molecule has 1 fully saturated rings. The number of para-hydroxylation sites is 2. The first-order valence-corrected chi connectivity index (χ1v) is 5.99. The maximum atomic E-state index is 12.2. The number of hydrogen-bond acceptors (Lipinski definition) is 4. The summed E-state index contributed by atoms with van der Waals surface area (Å²) in [7, 11) is 0. The van der Waals surface area contributed by atoms with Crippen molar-refractivity contribution in [1.29, 1.82) is 0 Å². The molecule has 6 heteroatoms. The van der Waals surface area contributed by atoms with Crippen LogP contribution in [0.4, 0.5) is 15.8 Å². The van der Waals surface area contributed by atoms with E-state index in [1.54, 1.807) is 18.2 Å². The van der Waals surface area contributed by atoms with Gasteiger partial charge in [0, 0.05) is 31.7 Å². The quantitative estimate of drug-likeness (QED) is 0.644. The average molecular weight is 253 g/mol. The number of nitro benzene ring substituents is 1. The Morgan fingerprint density at radius 2 is 2.28 bits per heavy atom. The summed E-state index contributed by atoms with van der Waals surface area (Å²) >= 11 is 0. The summed E-state index contributed by atoms with van der Waals surface area (Å²) in [5.74, 6) is 0. The van der Waals surface area contributed by atoms with Gasteiger partial charge in [-0.3, -0.25) is 15.0 Å². The van der Waals surface area contributed by atoms with E-state index in [0.717, 1.165) is 19.5 Å². The fourth-order valence-corrected chi connectivity index (χ4v) is 2.25. The number of rotatable bonds is 5. The molecule has 0 bridgehead atoms. The molecule has 1 aromatic carbocycles. The normalized spacial score (nSPS) is 19.9. The first-order valence-electron chi connectivity index (χ1n) is 5.99. The van der Waals surface area contributed by atoms with Crippen molar-refractivity contribution in [3.63, 3.8) is 0 Å². The van der Waals surface area contributed by atoms with Gasteiger partial charge in [-0.05, 0) is 12.5 Å². The van der Waals surface area contributed by atoms with Crippen LogP contribution in [-0.2, 0) is 0 Å². The molecule has 0 spiro atoms. The third-order valence-electron chi connectivity index (χ3n) is 3.13. The molecule has 1 N–H and O–H groups in total. The van der Waals surface area contributed by atoms with E-state index < -0.39 is 4.92 Å². The fraction of sp³-hybridized carbons (Fsp3) is 0.500. The molecule has 2 rings (SSSR count). The molecule has 98 valence electrons. The van der Waals surface area contributed by atoms with Gasteiger partial charge in [-0.15, -0.1) is 0 Å². The Morgan fingerprint density at radius 1 is 1.50 bits per heavy atom. The zero-order valence-corrected chi connectivity index (χ0v) is 10.0. The highest BCUT2D eigenvalue weighted by molar-refractivity contribution is 5.61. The number of halogens is 1. The molecule has 0 aliphatic carbocycles. The van der Waals surface area contributed by atoms with Gasteiger partial charge in [0.05, 0.1) is 4.92 Å². The summed E-state index contributed by atoms with van der Waals surface area (Å²) in [6.45, 7) is 1.66. The van der Waals surface area contributed by atoms with Gasteiger partial charge in [-0.2, -0.15) is 0 Å². The van der Waals surface area contributed by atoms with Crippen LogP contribution in [0.15, 0.2) is 24.3 Å². The second-order valence-electron chi connectivity index (χ2n) is 4.39. The summed E-state index contributed by atoms with van der Waals surface area (Å²) in [5, 5.41) is 14.0. The van der Waals surface area contributed by atoms with Crippen LogP contribution in [0.25, 0.3) is 0 Å². The van der Waals surface area contributed by atoms with Gasteiger partial charge in [-0.1, -0.05) is 12.1 Å². The zero-order valence-electron chi connectivity index (χ0n) is 10.0. The Kier molecular flexibility index (Phi) is 4.09. The Bertz CT molecular complexity index is 428. The number of nitro groups is 1. The molecule has 1 aliphatic heterocycles. The second kappa shape index (κ2) is 5.77. The molecular formula is C12H16FN3O2. The number of benzene rings is 1. The number of nitrogens with one attached hydrogen (secondary N) is 1. The molecule has 1 heterocycles. The van der Waals surface area contributed by atoms with E-state index in [-0.39, 0.29) is 18.4 Å². The minimum Gasteiger partial charge on any atom is -0.375 e. The minimum atomic E-state index is -0.392. The van der Waals surface area contributed by atoms with Crippen molar-refractivity contribution >= 4 is 11.4 Å². The predicted octanol–water partition coefficient (Wildman–Crippen LogP) is 2.05. The monoisotopic (exact) mass is 253 g/mol. The SMILES string of the molecule is O=[N+]([O-])c1ccccc1N[C@@H]1CCN(CCF)C1. The van der Waals surface area contributed by atoms with Crippen molar-refractivity contribution in [3.8, 4) is 0 Å². The van der Waals surface area contributed by atoms with E-state index in [2.05, 4.69) is 5.32 Å². The van der Waals surface area contributed by atoms with Gasteiger partial charge in [0.2, 0.25) is 0 Å². The largest absolute Gasteiger partial charge is 0.375 e. The molecule has 0 amide bonds. The third-order valence-corrected chi connectivity index (χ3v) is 3.13. The highest BCUT2D eigenvalue weighted by Crippen LogP contribution is 2.25. The van der Waals surface area contributed by atoms with E-state index in [1.807, 2.05) is 4.90 Å². The smallest absolute Gasteiger partial charge is 0.292 e. The summed E-state index contributed by atoms with van der Waals surface area (Å²) in [6.07, 6.45) is 0.881. The fourth-order valence-electron chi connectivity index (χ4n) is 2.25. The minimum absolute atomic E-state index is 0.0847. The highest BCUT2D eigenvalue weighted by Gasteiger charge is 2.24. The molecule has 0 unspecified atom stereocenters. The lowest BCUT2D eigenvalue weighted by Crippen LogP contribution is -2.27. The summed E-state index contributed by atoms with van der Waals surface area (Å²) < 4.78 is 12.2. The number of anilines is 1. The van der Waals surface area contributed by atoms with Crippen LogP contribution in [0.2, 0.25) is 0 Å². The first-order chi connectivity index (χ1) is 8.70. The van der Waals surface area contributed by atoms with Gasteiger partial charge in [0.1, 0.15) is 12.4 Å². The Labute approximate surface area is 105 Å². The molecule has 5 nitrogen and oxygen atoms in total. The molecule has 0 saturated carbocycles. The van der Waals surface area contributed by atoms with Gasteiger partial charge in [0.15, 0.2) is 0 Å². The lowest BCUT2D eigenvalue weighted by atomic mass is 10.2. The van der Waals surface area contributed by atoms with Crippen molar-refractivity contribution in [2.75, 3.05) is 31.6 Å². The molecule has 18 heavy (non-hydrogen) atoms. The van der Waals surface area contributed by atoms with E-state index in [0.29, 0.717) is 12.2 Å². The molecule has 0 radical (unpaired) electrons. The summed E-state index contributed by atoms with van der Waals surface area (Å²) in [6, 6.07) is 6.75. The van der Waals surface area contributed by atoms with Gasteiger partial charge < -0.3 is 5.32 Å². The molecule has 0 aromatic heterocycles. The van der Waals surface area contributed by atoms with E-state index in [1.165, 1.54) is 6.07 Å². The van der Waals surface area contributed by atoms with Crippen LogP contribution in [0.5, 0.6) is 0 Å². The number of likely N-dealkylation sites (tertiary alicyclic amines) is 1. The van der Waals surface area contributed by atoms with Gasteiger partial charge in [-0.25, -0.2) is 4.39 Å². The van der Waals surface area contributed by atoms with Crippen LogP contribution < -0.4 is 5.32 Å². The molecule has 1 aliphatic rings. The average Bonchev–Trinajstić information content (AvgIpc) is 2.77. The lowest BCUT2D eigenvalue weighted by molar-refractivity contribution is -0.384. The Morgan fingerprint density at radius 3 is 3.00 bits per heavy atom. The van der Waals surface area contributed by atoms with Crippen molar-refractivity contribution in [3.05, 3.63) is 34.4 Å². The third kappa shape index (κ3) is 2.95. The number of nitrogens with zero attached hydrogens (tertiary/aromatic N) is 2. The van der Waals surface area contributed by atoms with Crippen molar-refractivity contribution < 1.29 is 9.31 Å². The van der Waals surface area contributed by atoms with Gasteiger partial charge >= 0.3 is 0 Å². The standard InChI is InChI=1S/C12H16FN3O2/c13-6-8-15-7-5-10(9-15)14-11-3-1-2-4-12(11)16(17)18/h1-4,10,14H,5-9H2/t10-/m1/s1. The summed E-state index contributed by atoms with van der Waals surface area (Å²) in [5.41, 5.74) is 0.621. The second-order valence-corrected chi connectivity index (χ2v) is 4.39. The van der Waals surface area contributed by atoms with Crippen LogP contribution in [0.3, 0.4) is 0 Å². The van der Waals surface area contributed by atoms with E-state index in [4.69, 9.17) is 0 Å². The maximum Gasteiger partial charge on any atom is 0.292 e.